The maximum atomic E-state index is 11.0. The molecule has 1 aromatic carbocycles. The number of hydrogen-bond acceptors (Lipinski definition) is 4. The molecule has 0 radical (unpaired) electrons. The van der Waals surface area contributed by atoms with Gasteiger partial charge in [0.25, 0.3) is 0 Å². The summed E-state index contributed by atoms with van der Waals surface area (Å²) < 4.78 is 0. The van der Waals surface area contributed by atoms with Crippen molar-refractivity contribution in [2.24, 2.45) is 0 Å². The topological polar surface area (TPSA) is 50.2 Å². The van der Waals surface area contributed by atoms with Crippen molar-refractivity contribution in [1.82, 2.24) is 4.98 Å². The van der Waals surface area contributed by atoms with E-state index in [-0.39, 0.29) is 6.61 Å². The monoisotopic (exact) mass is 247 g/mol. The fraction of sp³-hybridized carbons (Fsp3) is 0.231. The molecular formula is C13H13NO2S. The molecule has 4 heteroatoms. The van der Waals surface area contributed by atoms with E-state index in [2.05, 4.69) is 4.98 Å². The zero-order valence-corrected chi connectivity index (χ0v) is 10.3. The predicted octanol–water partition coefficient (Wildman–Crippen LogP) is 2.44. The number of carbonyl (C=O) groups is 1. The number of fused-ring (bicyclic) bond motifs is 1. The highest BCUT2D eigenvalue weighted by Crippen LogP contribution is 2.24. The van der Waals surface area contributed by atoms with Crippen LogP contribution in [0.15, 0.2) is 29.3 Å². The third kappa shape index (κ3) is 2.65. The Labute approximate surface area is 104 Å². The third-order valence-electron chi connectivity index (χ3n) is 2.42. The maximum absolute atomic E-state index is 11.0. The number of rotatable bonds is 4. The van der Waals surface area contributed by atoms with Gasteiger partial charge in [-0.3, -0.25) is 4.79 Å². The molecule has 0 aliphatic rings. The first-order valence-electron chi connectivity index (χ1n) is 5.35. The molecule has 1 N–H and O–H groups in total. The minimum absolute atomic E-state index is 0.0799. The van der Waals surface area contributed by atoms with Crippen LogP contribution < -0.4 is 0 Å². The molecule has 0 aliphatic heterocycles. The Kier molecular flexibility index (Phi) is 3.76. The summed E-state index contributed by atoms with van der Waals surface area (Å²) in [5.74, 6) is 0.547. The van der Waals surface area contributed by atoms with Crippen LogP contribution in [0.5, 0.6) is 0 Å². The standard InChI is InChI=1S/C13H13NO2S/c1-9-2-3-12-10(6-9)7-11(8-16)13(14-12)17-5-4-15/h2-3,6-8,15H,4-5H2,1H3. The number of aliphatic hydroxyl groups is 1. The molecule has 2 rings (SSSR count). The van der Waals surface area contributed by atoms with Gasteiger partial charge in [0.2, 0.25) is 0 Å². The summed E-state index contributed by atoms with van der Waals surface area (Å²) in [6.45, 7) is 2.09. The summed E-state index contributed by atoms with van der Waals surface area (Å²) >= 11 is 1.40. The van der Waals surface area contributed by atoms with Gasteiger partial charge in [-0.15, -0.1) is 11.8 Å². The number of aromatic nitrogens is 1. The Morgan fingerprint density at radius 2 is 2.24 bits per heavy atom. The van der Waals surface area contributed by atoms with E-state index in [0.717, 1.165) is 22.8 Å². The summed E-state index contributed by atoms with van der Waals surface area (Å²) in [6.07, 6.45) is 0.814. The molecule has 0 aliphatic carbocycles. The number of thioether (sulfide) groups is 1. The van der Waals surface area contributed by atoms with Crippen LogP contribution in [0, 0.1) is 6.92 Å². The van der Waals surface area contributed by atoms with Gasteiger partial charge in [0.1, 0.15) is 5.03 Å². The number of pyridine rings is 1. The zero-order chi connectivity index (χ0) is 12.3. The molecule has 3 nitrogen and oxygen atoms in total. The van der Waals surface area contributed by atoms with Crippen molar-refractivity contribution in [2.45, 2.75) is 11.9 Å². The second-order valence-corrected chi connectivity index (χ2v) is 4.85. The van der Waals surface area contributed by atoms with E-state index in [4.69, 9.17) is 5.11 Å². The highest BCUT2D eigenvalue weighted by Gasteiger charge is 2.06. The van der Waals surface area contributed by atoms with Crippen LogP contribution in [0.25, 0.3) is 10.9 Å². The Hall–Kier alpha value is -1.39. The van der Waals surface area contributed by atoms with Gasteiger partial charge in [0.05, 0.1) is 12.1 Å². The van der Waals surface area contributed by atoms with Crippen LogP contribution in [0.1, 0.15) is 15.9 Å². The summed E-state index contributed by atoms with van der Waals surface area (Å²) in [5, 5.41) is 10.5. The molecule has 0 saturated carbocycles. The van der Waals surface area contributed by atoms with Crippen LogP contribution in [0.3, 0.4) is 0 Å². The van der Waals surface area contributed by atoms with Crippen molar-refractivity contribution in [3.63, 3.8) is 0 Å². The lowest BCUT2D eigenvalue weighted by Crippen LogP contribution is -1.94. The van der Waals surface area contributed by atoms with Crippen LogP contribution in [-0.4, -0.2) is 28.7 Å². The number of nitrogens with zero attached hydrogens (tertiary/aromatic N) is 1. The Bertz CT molecular complexity index is 554. The van der Waals surface area contributed by atoms with Crippen LogP contribution >= 0.6 is 11.8 Å². The summed E-state index contributed by atoms with van der Waals surface area (Å²) in [5.41, 5.74) is 2.61. The van der Waals surface area contributed by atoms with E-state index in [9.17, 15) is 4.79 Å². The van der Waals surface area contributed by atoms with Gasteiger partial charge in [-0.05, 0) is 25.1 Å². The van der Waals surface area contributed by atoms with Crippen LogP contribution in [0.2, 0.25) is 0 Å². The first-order chi connectivity index (χ1) is 8.24. The molecule has 0 spiro atoms. The molecule has 0 saturated heterocycles. The molecule has 0 atom stereocenters. The van der Waals surface area contributed by atoms with E-state index in [0.29, 0.717) is 16.3 Å². The van der Waals surface area contributed by atoms with Crippen LogP contribution in [-0.2, 0) is 0 Å². The first kappa shape index (κ1) is 12.1. The molecule has 1 aromatic heterocycles. The number of hydrogen-bond donors (Lipinski definition) is 1. The Morgan fingerprint density at radius 3 is 2.94 bits per heavy atom. The first-order valence-corrected chi connectivity index (χ1v) is 6.33. The molecule has 2 aromatic rings. The second kappa shape index (κ2) is 5.29. The average molecular weight is 247 g/mol. The molecule has 0 unspecified atom stereocenters. The zero-order valence-electron chi connectivity index (χ0n) is 9.51. The van der Waals surface area contributed by atoms with Gasteiger partial charge in [-0.25, -0.2) is 4.98 Å². The smallest absolute Gasteiger partial charge is 0.152 e. The van der Waals surface area contributed by atoms with Crippen molar-refractivity contribution in [1.29, 1.82) is 0 Å². The number of carbonyl (C=O) groups excluding carboxylic acids is 1. The van der Waals surface area contributed by atoms with Gasteiger partial charge in [0, 0.05) is 16.7 Å². The van der Waals surface area contributed by atoms with Crippen molar-refractivity contribution in [3.05, 3.63) is 35.4 Å². The average Bonchev–Trinajstić information content (AvgIpc) is 2.35. The second-order valence-electron chi connectivity index (χ2n) is 3.77. The van der Waals surface area contributed by atoms with E-state index >= 15 is 0 Å². The van der Waals surface area contributed by atoms with Crippen molar-refractivity contribution in [3.8, 4) is 0 Å². The van der Waals surface area contributed by atoms with Gasteiger partial charge in [-0.2, -0.15) is 0 Å². The third-order valence-corrected chi connectivity index (χ3v) is 3.41. The van der Waals surface area contributed by atoms with Gasteiger partial charge < -0.3 is 5.11 Å². The number of aldehydes is 1. The summed E-state index contributed by atoms with van der Waals surface area (Å²) in [6, 6.07) is 7.80. The molecule has 88 valence electrons. The quantitative estimate of drug-likeness (QED) is 0.666. The maximum Gasteiger partial charge on any atom is 0.152 e. The van der Waals surface area contributed by atoms with Crippen molar-refractivity contribution < 1.29 is 9.90 Å². The Morgan fingerprint density at radius 1 is 1.41 bits per heavy atom. The summed E-state index contributed by atoms with van der Waals surface area (Å²) in [7, 11) is 0. The number of benzene rings is 1. The number of aliphatic hydroxyl groups excluding tert-OH is 1. The lowest BCUT2D eigenvalue weighted by Gasteiger charge is -2.06. The van der Waals surface area contributed by atoms with E-state index in [1.54, 1.807) is 0 Å². The van der Waals surface area contributed by atoms with E-state index in [1.165, 1.54) is 11.8 Å². The highest BCUT2D eigenvalue weighted by molar-refractivity contribution is 7.99. The van der Waals surface area contributed by atoms with E-state index in [1.807, 2.05) is 31.2 Å². The fourth-order valence-corrected chi connectivity index (χ4v) is 2.36. The van der Waals surface area contributed by atoms with E-state index < -0.39 is 0 Å². The molecule has 17 heavy (non-hydrogen) atoms. The normalized spacial score (nSPS) is 10.7. The largest absolute Gasteiger partial charge is 0.396 e. The Balaban J connectivity index is 2.52. The SMILES string of the molecule is Cc1ccc2nc(SCCO)c(C=O)cc2c1. The molecule has 0 amide bonds. The van der Waals surface area contributed by atoms with Crippen LogP contribution in [0.4, 0.5) is 0 Å². The minimum atomic E-state index is 0.0799. The lowest BCUT2D eigenvalue weighted by molar-refractivity contribution is 0.112. The molecular weight excluding hydrogens is 234 g/mol. The molecule has 0 fully saturated rings. The highest BCUT2D eigenvalue weighted by atomic mass is 32.2. The molecule has 1 heterocycles. The number of aryl methyl sites for hydroxylation is 1. The van der Waals surface area contributed by atoms with Gasteiger partial charge >= 0.3 is 0 Å². The lowest BCUT2D eigenvalue weighted by atomic mass is 10.1. The predicted molar refractivity (Wildman–Crippen MR) is 69.7 cm³/mol. The van der Waals surface area contributed by atoms with Crippen molar-refractivity contribution >= 4 is 29.0 Å². The van der Waals surface area contributed by atoms with Gasteiger partial charge in [-0.1, -0.05) is 11.6 Å². The van der Waals surface area contributed by atoms with Crippen molar-refractivity contribution in [2.75, 3.05) is 12.4 Å². The summed E-state index contributed by atoms with van der Waals surface area (Å²) in [4.78, 5) is 15.4. The van der Waals surface area contributed by atoms with Gasteiger partial charge in [0.15, 0.2) is 6.29 Å². The fourth-order valence-electron chi connectivity index (χ4n) is 1.64. The molecule has 0 bridgehead atoms. The minimum Gasteiger partial charge on any atom is -0.396 e.